The molecular formula is C8H6Br2N4. The lowest BCUT2D eigenvalue weighted by Gasteiger charge is -2.07. The number of nitrogens with two attached hydrogens (primary N) is 1. The van der Waals surface area contributed by atoms with Gasteiger partial charge in [-0.1, -0.05) is 0 Å². The number of aromatic nitrogens is 3. The highest BCUT2D eigenvalue weighted by Crippen LogP contribution is 2.30. The Balaban J connectivity index is 2.64. The Hall–Kier alpha value is -0.880. The molecule has 0 saturated carbocycles. The maximum absolute atomic E-state index is 5.68. The Kier molecular flexibility index (Phi) is 2.56. The quantitative estimate of drug-likeness (QED) is 0.822. The average Bonchev–Trinajstić information content (AvgIpc) is 2.54. The molecule has 4 nitrogen and oxygen atoms in total. The Morgan fingerprint density at radius 3 is 2.36 bits per heavy atom. The fourth-order valence-corrected chi connectivity index (χ4v) is 2.71. The predicted molar refractivity (Wildman–Crippen MR) is 61.2 cm³/mol. The van der Waals surface area contributed by atoms with Gasteiger partial charge in [0.1, 0.15) is 12.7 Å². The summed E-state index contributed by atoms with van der Waals surface area (Å²) in [6.45, 7) is 0. The molecule has 2 aromatic rings. The second kappa shape index (κ2) is 3.70. The van der Waals surface area contributed by atoms with E-state index < -0.39 is 0 Å². The van der Waals surface area contributed by atoms with Crippen molar-refractivity contribution >= 4 is 37.5 Å². The van der Waals surface area contributed by atoms with Crippen LogP contribution < -0.4 is 5.73 Å². The van der Waals surface area contributed by atoms with E-state index >= 15 is 0 Å². The number of benzene rings is 1. The molecule has 1 aromatic carbocycles. The fraction of sp³-hybridized carbons (Fsp3) is 0. The molecular weight excluding hydrogens is 312 g/mol. The summed E-state index contributed by atoms with van der Waals surface area (Å²) in [4.78, 5) is 3.88. The molecule has 0 unspecified atom stereocenters. The number of hydrogen-bond acceptors (Lipinski definition) is 3. The molecule has 1 aromatic heterocycles. The molecule has 14 heavy (non-hydrogen) atoms. The topological polar surface area (TPSA) is 56.7 Å². The Labute approximate surface area is 97.4 Å². The van der Waals surface area contributed by atoms with Crippen molar-refractivity contribution in [3.8, 4) is 5.69 Å². The van der Waals surface area contributed by atoms with Gasteiger partial charge in [0, 0.05) is 14.6 Å². The van der Waals surface area contributed by atoms with Crippen molar-refractivity contribution < 1.29 is 0 Å². The van der Waals surface area contributed by atoms with Crippen molar-refractivity contribution in [3.63, 3.8) is 0 Å². The van der Waals surface area contributed by atoms with Gasteiger partial charge in [-0.3, -0.25) is 0 Å². The minimum Gasteiger partial charge on any atom is -0.399 e. The molecule has 0 atom stereocenters. The summed E-state index contributed by atoms with van der Waals surface area (Å²) in [7, 11) is 0. The first-order valence-electron chi connectivity index (χ1n) is 3.78. The normalized spacial score (nSPS) is 10.4. The maximum atomic E-state index is 5.68. The summed E-state index contributed by atoms with van der Waals surface area (Å²) < 4.78 is 3.40. The van der Waals surface area contributed by atoms with Crippen LogP contribution >= 0.6 is 31.9 Å². The summed E-state index contributed by atoms with van der Waals surface area (Å²) in [5, 5.41) is 4.04. The number of halogens is 2. The number of nitrogens with zero attached hydrogens (tertiary/aromatic N) is 3. The van der Waals surface area contributed by atoms with Gasteiger partial charge >= 0.3 is 0 Å². The Morgan fingerprint density at radius 2 is 1.86 bits per heavy atom. The van der Waals surface area contributed by atoms with Crippen molar-refractivity contribution in [1.82, 2.24) is 14.8 Å². The van der Waals surface area contributed by atoms with Crippen LogP contribution in [0.25, 0.3) is 5.69 Å². The van der Waals surface area contributed by atoms with E-state index in [1.807, 2.05) is 12.1 Å². The number of rotatable bonds is 1. The van der Waals surface area contributed by atoms with Crippen molar-refractivity contribution in [1.29, 1.82) is 0 Å². The van der Waals surface area contributed by atoms with Gasteiger partial charge in [0.25, 0.3) is 0 Å². The maximum Gasteiger partial charge on any atom is 0.138 e. The third-order valence-electron chi connectivity index (χ3n) is 1.69. The van der Waals surface area contributed by atoms with E-state index in [0.29, 0.717) is 5.69 Å². The summed E-state index contributed by atoms with van der Waals surface area (Å²) >= 11 is 6.84. The van der Waals surface area contributed by atoms with E-state index in [1.165, 1.54) is 6.33 Å². The first-order chi connectivity index (χ1) is 6.68. The monoisotopic (exact) mass is 316 g/mol. The summed E-state index contributed by atoms with van der Waals surface area (Å²) in [6, 6.07) is 3.64. The van der Waals surface area contributed by atoms with E-state index in [4.69, 9.17) is 5.73 Å². The standard InChI is InChI=1S/C8H6Br2N4/c9-6-1-5(11)2-7(10)8(6)14-4-12-3-13-14/h1-4H,11H2. The molecule has 0 aliphatic rings. The zero-order valence-corrected chi connectivity index (χ0v) is 10.2. The van der Waals surface area contributed by atoms with Crippen LogP contribution in [-0.4, -0.2) is 14.8 Å². The molecule has 6 heteroatoms. The van der Waals surface area contributed by atoms with Gasteiger partial charge in [-0.2, -0.15) is 5.10 Å². The molecule has 0 saturated heterocycles. The first-order valence-corrected chi connectivity index (χ1v) is 5.36. The smallest absolute Gasteiger partial charge is 0.138 e. The fourth-order valence-electron chi connectivity index (χ4n) is 1.13. The van der Waals surface area contributed by atoms with Gasteiger partial charge in [0.2, 0.25) is 0 Å². The van der Waals surface area contributed by atoms with Crippen molar-refractivity contribution in [2.75, 3.05) is 5.73 Å². The van der Waals surface area contributed by atoms with Crippen LogP contribution in [-0.2, 0) is 0 Å². The molecule has 0 bridgehead atoms. The van der Waals surface area contributed by atoms with Crippen LogP contribution in [0.5, 0.6) is 0 Å². The van der Waals surface area contributed by atoms with Crippen LogP contribution in [0.1, 0.15) is 0 Å². The third kappa shape index (κ3) is 1.67. The molecule has 1 heterocycles. The van der Waals surface area contributed by atoms with Crippen LogP contribution in [0.15, 0.2) is 33.7 Å². The van der Waals surface area contributed by atoms with Gasteiger partial charge in [-0.25, -0.2) is 9.67 Å². The third-order valence-corrected chi connectivity index (χ3v) is 2.90. The van der Waals surface area contributed by atoms with Gasteiger partial charge in [0.05, 0.1) is 5.69 Å². The van der Waals surface area contributed by atoms with E-state index in [0.717, 1.165) is 14.6 Å². The SMILES string of the molecule is Nc1cc(Br)c(-n2cncn2)c(Br)c1. The molecule has 2 N–H and O–H groups in total. The number of anilines is 1. The zero-order chi connectivity index (χ0) is 10.1. The highest BCUT2D eigenvalue weighted by molar-refractivity contribution is 9.11. The van der Waals surface area contributed by atoms with Crippen LogP contribution in [0.2, 0.25) is 0 Å². The van der Waals surface area contributed by atoms with Crippen molar-refractivity contribution in [3.05, 3.63) is 33.7 Å². The van der Waals surface area contributed by atoms with Crippen LogP contribution in [0.4, 0.5) is 5.69 Å². The van der Waals surface area contributed by atoms with E-state index in [-0.39, 0.29) is 0 Å². The number of nitrogen functional groups attached to an aromatic ring is 1. The number of hydrogen-bond donors (Lipinski definition) is 1. The van der Waals surface area contributed by atoms with E-state index in [1.54, 1.807) is 11.0 Å². The highest BCUT2D eigenvalue weighted by Gasteiger charge is 2.08. The molecule has 0 radical (unpaired) electrons. The lowest BCUT2D eigenvalue weighted by atomic mass is 10.3. The molecule has 0 aliphatic heterocycles. The van der Waals surface area contributed by atoms with Crippen molar-refractivity contribution in [2.45, 2.75) is 0 Å². The second-order valence-corrected chi connectivity index (χ2v) is 4.38. The first kappa shape index (κ1) is 9.67. The van der Waals surface area contributed by atoms with E-state index in [9.17, 15) is 0 Å². The Morgan fingerprint density at radius 1 is 1.21 bits per heavy atom. The van der Waals surface area contributed by atoms with Gasteiger partial charge < -0.3 is 5.73 Å². The van der Waals surface area contributed by atoms with Gasteiger partial charge in [-0.15, -0.1) is 0 Å². The zero-order valence-electron chi connectivity index (χ0n) is 6.98. The van der Waals surface area contributed by atoms with Crippen molar-refractivity contribution in [2.24, 2.45) is 0 Å². The largest absolute Gasteiger partial charge is 0.399 e. The van der Waals surface area contributed by atoms with Gasteiger partial charge in [-0.05, 0) is 44.0 Å². The average molecular weight is 318 g/mol. The molecule has 0 aliphatic carbocycles. The van der Waals surface area contributed by atoms with E-state index in [2.05, 4.69) is 41.9 Å². The minimum absolute atomic E-state index is 0.688. The minimum atomic E-state index is 0.688. The lowest BCUT2D eigenvalue weighted by Crippen LogP contribution is -1.98. The Bertz CT molecular complexity index is 429. The van der Waals surface area contributed by atoms with Crippen LogP contribution in [0, 0.1) is 0 Å². The molecule has 0 amide bonds. The summed E-state index contributed by atoms with van der Waals surface area (Å²) in [6.07, 6.45) is 3.11. The molecule has 0 fully saturated rings. The summed E-state index contributed by atoms with van der Waals surface area (Å²) in [5.74, 6) is 0. The summed E-state index contributed by atoms with van der Waals surface area (Å²) in [5.41, 5.74) is 7.25. The second-order valence-electron chi connectivity index (χ2n) is 2.67. The molecule has 0 spiro atoms. The lowest BCUT2D eigenvalue weighted by molar-refractivity contribution is 0.870. The highest BCUT2D eigenvalue weighted by atomic mass is 79.9. The van der Waals surface area contributed by atoms with Gasteiger partial charge in [0.15, 0.2) is 0 Å². The van der Waals surface area contributed by atoms with Crippen LogP contribution in [0.3, 0.4) is 0 Å². The molecule has 72 valence electrons. The predicted octanol–water partition coefficient (Wildman–Crippen LogP) is 2.37. The molecule has 2 rings (SSSR count).